The minimum absolute atomic E-state index is 0.0429. The number of nitrogens with zero attached hydrogens (tertiary/aromatic N) is 3. The summed E-state index contributed by atoms with van der Waals surface area (Å²) in [6.45, 7) is 4.97. The summed E-state index contributed by atoms with van der Waals surface area (Å²) in [4.78, 5) is 15.0. The summed E-state index contributed by atoms with van der Waals surface area (Å²) in [5.41, 5.74) is 1.70. The van der Waals surface area contributed by atoms with Gasteiger partial charge in [-0.15, -0.1) is 0 Å². The van der Waals surface area contributed by atoms with E-state index in [1.165, 1.54) is 12.8 Å². The highest BCUT2D eigenvalue weighted by atomic mass is 16.5. The minimum atomic E-state index is 0.0429. The molecule has 5 nitrogen and oxygen atoms in total. The standard InChI is InChI=1S/C18H23N3O2/c1-12(2)17-11-14(19-23-17)15-5-3-10-21(15)18(22)16-6-4-9-20(16)13-7-8-13/h4,6,9,11-13,15H,3,5,7-8,10H2,1-2H3/t15-/m1/s1. The van der Waals surface area contributed by atoms with Crippen LogP contribution in [0.4, 0.5) is 0 Å². The second-order valence-electron chi connectivity index (χ2n) is 7.00. The lowest BCUT2D eigenvalue weighted by atomic mass is 10.1. The van der Waals surface area contributed by atoms with E-state index in [1.807, 2.05) is 29.3 Å². The molecule has 2 fully saturated rings. The smallest absolute Gasteiger partial charge is 0.271 e. The number of hydrogen-bond acceptors (Lipinski definition) is 3. The fourth-order valence-electron chi connectivity index (χ4n) is 3.44. The molecule has 0 radical (unpaired) electrons. The molecule has 23 heavy (non-hydrogen) atoms. The molecule has 0 N–H and O–H groups in total. The molecule has 1 saturated heterocycles. The first-order valence-electron chi connectivity index (χ1n) is 8.59. The molecule has 2 aromatic rings. The average molecular weight is 313 g/mol. The van der Waals surface area contributed by atoms with E-state index in [-0.39, 0.29) is 11.9 Å². The summed E-state index contributed by atoms with van der Waals surface area (Å²) in [5, 5.41) is 4.23. The Morgan fingerprint density at radius 1 is 1.35 bits per heavy atom. The average Bonchev–Trinajstić information content (AvgIpc) is 3.02. The Morgan fingerprint density at radius 2 is 2.17 bits per heavy atom. The van der Waals surface area contributed by atoms with Crippen LogP contribution in [-0.2, 0) is 0 Å². The monoisotopic (exact) mass is 313 g/mol. The molecule has 1 amide bonds. The van der Waals surface area contributed by atoms with E-state index in [9.17, 15) is 4.79 Å². The van der Waals surface area contributed by atoms with Crippen molar-refractivity contribution in [3.8, 4) is 0 Å². The summed E-state index contributed by atoms with van der Waals surface area (Å²) >= 11 is 0. The highest BCUT2D eigenvalue weighted by molar-refractivity contribution is 5.93. The predicted octanol–water partition coefficient (Wildman–Crippen LogP) is 3.91. The van der Waals surface area contributed by atoms with Crippen LogP contribution in [0.3, 0.4) is 0 Å². The van der Waals surface area contributed by atoms with Crippen LogP contribution < -0.4 is 0 Å². The van der Waals surface area contributed by atoms with Crippen molar-refractivity contribution in [2.24, 2.45) is 0 Å². The fourth-order valence-corrected chi connectivity index (χ4v) is 3.44. The van der Waals surface area contributed by atoms with Crippen molar-refractivity contribution < 1.29 is 9.32 Å². The van der Waals surface area contributed by atoms with Crippen molar-refractivity contribution in [2.75, 3.05) is 6.54 Å². The first-order valence-corrected chi connectivity index (χ1v) is 8.59. The SMILES string of the molecule is CC(C)c1cc([C@H]2CCCN2C(=O)c2cccn2C2CC2)no1. The van der Waals surface area contributed by atoms with Crippen molar-refractivity contribution in [3.63, 3.8) is 0 Å². The van der Waals surface area contributed by atoms with E-state index in [0.717, 1.165) is 36.5 Å². The second kappa shape index (κ2) is 5.55. The number of likely N-dealkylation sites (tertiary alicyclic amines) is 1. The van der Waals surface area contributed by atoms with Gasteiger partial charge in [0.2, 0.25) is 0 Å². The molecule has 0 aromatic carbocycles. The van der Waals surface area contributed by atoms with Gasteiger partial charge in [0.15, 0.2) is 0 Å². The van der Waals surface area contributed by atoms with E-state index in [2.05, 4.69) is 23.6 Å². The van der Waals surface area contributed by atoms with Crippen molar-refractivity contribution >= 4 is 5.91 Å². The van der Waals surface area contributed by atoms with Crippen LogP contribution in [0.1, 0.15) is 79.5 Å². The molecule has 2 aromatic heterocycles. The summed E-state index contributed by atoms with van der Waals surface area (Å²) in [6, 6.07) is 6.49. The maximum atomic E-state index is 13.0. The van der Waals surface area contributed by atoms with Crippen LogP contribution in [0, 0.1) is 0 Å². The molecule has 0 unspecified atom stereocenters. The number of aromatic nitrogens is 2. The topological polar surface area (TPSA) is 51.3 Å². The van der Waals surface area contributed by atoms with Crippen LogP contribution in [0.5, 0.6) is 0 Å². The first kappa shape index (κ1) is 14.5. The van der Waals surface area contributed by atoms with E-state index in [1.54, 1.807) is 0 Å². The number of carbonyl (C=O) groups excluding carboxylic acids is 1. The molecule has 5 heteroatoms. The summed E-state index contributed by atoms with van der Waals surface area (Å²) in [5.74, 6) is 1.33. The van der Waals surface area contributed by atoms with Gasteiger partial charge in [-0.3, -0.25) is 4.79 Å². The molecule has 2 aliphatic rings. The van der Waals surface area contributed by atoms with Crippen molar-refractivity contribution in [1.82, 2.24) is 14.6 Å². The molecule has 1 saturated carbocycles. The zero-order valence-electron chi connectivity index (χ0n) is 13.7. The number of carbonyl (C=O) groups is 1. The zero-order chi connectivity index (χ0) is 16.0. The quantitative estimate of drug-likeness (QED) is 0.860. The molecule has 3 heterocycles. The van der Waals surface area contributed by atoms with Crippen LogP contribution in [0.2, 0.25) is 0 Å². The Morgan fingerprint density at radius 3 is 2.87 bits per heavy atom. The van der Waals surface area contributed by atoms with Crippen molar-refractivity contribution in [2.45, 2.75) is 57.5 Å². The van der Waals surface area contributed by atoms with Gasteiger partial charge in [-0.05, 0) is 37.8 Å². The largest absolute Gasteiger partial charge is 0.361 e. The zero-order valence-corrected chi connectivity index (χ0v) is 13.7. The maximum Gasteiger partial charge on any atom is 0.271 e. The molecule has 1 aliphatic carbocycles. The predicted molar refractivity (Wildman–Crippen MR) is 86.3 cm³/mol. The van der Waals surface area contributed by atoms with E-state index >= 15 is 0 Å². The molecular formula is C18H23N3O2. The van der Waals surface area contributed by atoms with E-state index in [0.29, 0.717) is 12.0 Å². The van der Waals surface area contributed by atoms with Crippen molar-refractivity contribution in [1.29, 1.82) is 0 Å². The van der Waals surface area contributed by atoms with Gasteiger partial charge >= 0.3 is 0 Å². The van der Waals surface area contributed by atoms with Gasteiger partial charge in [0.1, 0.15) is 17.1 Å². The Bertz CT molecular complexity index is 711. The molecule has 1 atom stereocenters. The molecule has 4 rings (SSSR count). The maximum absolute atomic E-state index is 13.0. The molecular weight excluding hydrogens is 290 g/mol. The highest BCUT2D eigenvalue weighted by Crippen LogP contribution is 2.38. The Hall–Kier alpha value is -2.04. The third kappa shape index (κ3) is 2.58. The summed E-state index contributed by atoms with van der Waals surface area (Å²) in [6.07, 6.45) is 6.37. The Kier molecular flexibility index (Phi) is 3.51. The number of amides is 1. The lowest BCUT2D eigenvalue weighted by molar-refractivity contribution is 0.0719. The second-order valence-corrected chi connectivity index (χ2v) is 7.00. The molecule has 0 spiro atoms. The summed E-state index contributed by atoms with van der Waals surface area (Å²) < 4.78 is 7.57. The summed E-state index contributed by atoms with van der Waals surface area (Å²) in [7, 11) is 0. The third-order valence-corrected chi connectivity index (χ3v) is 4.91. The Labute approximate surface area is 136 Å². The highest BCUT2D eigenvalue weighted by Gasteiger charge is 2.35. The number of hydrogen-bond donors (Lipinski definition) is 0. The van der Waals surface area contributed by atoms with E-state index in [4.69, 9.17) is 4.52 Å². The van der Waals surface area contributed by atoms with Crippen LogP contribution in [0.25, 0.3) is 0 Å². The van der Waals surface area contributed by atoms with Crippen LogP contribution in [-0.4, -0.2) is 27.1 Å². The van der Waals surface area contributed by atoms with E-state index < -0.39 is 0 Å². The number of rotatable bonds is 4. The normalized spacial score (nSPS) is 21.3. The molecule has 0 bridgehead atoms. The van der Waals surface area contributed by atoms with Gasteiger partial charge in [0.25, 0.3) is 5.91 Å². The minimum Gasteiger partial charge on any atom is -0.361 e. The van der Waals surface area contributed by atoms with Gasteiger partial charge in [-0.1, -0.05) is 19.0 Å². The van der Waals surface area contributed by atoms with Gasteiger partial charge in [-0.2, -0.15) is 0 Å². The van der Waals surface area contributed by atoms with Gasteiger partial charge in [0.05, 0.1) is 6.04 Å². The van der Waals surface area contributed by atoms with Crippen LogP contribution in [0.15, 0.2) is 28.9 Å². The van der Waals surface area contributed by atoms with Gasteiger partial charge in [-0.25, -0.2) is 0 Å². The van der Waals surface area contributed by atoms with Gasteiger partial charge < -0.3 is 14.0 Å². The lowest BCUT2D eigenvalue weighted by Crippen LogP contribution is -2.32. The van der Waals surface area contributed by atoms with Gasteiger partial charge in [0, 0.05) is 30.8 Å². The third-order valence-electron chi connectivity index (χ3n) is 4.91. The molecule has 1 aliphatic heterocycles. The van der Waals surface area contributed by atoms with Crippen molar-refractivity contribution in [3.05, 3.63) is 41.5 Å². The lowest BCUT2D eigenvalue weighted by Gasteiger charge is -2.23. The first-order chi connectivity index (χ1) is 11.1. The fraction of sp³-hybridized carbons (Fsp3) is 0.556. The molecule has 122 valence electrons. The Balaban J connectivity index is 1.59. The van der Waals surface area contributed by atoms with Crippen LogP contribution >= 0.6 is 0 Å².